The van der Waals surface area contributed by atoms with Crippen LogP contribution in [0, 0.1) is 12.8 Å². The number of carbonyl (C=O) groups is 2. The highest BCUT2D eigenvalue weighted by Crippen LogP contribution is 2.31. The highest BCUT2D eigenvalue weighted by molar-refractivity contribution is 5.70. The van der Waals surface area contributed by atoms with E-state index >= 15 is 0 Å². The fourth-order valence-electron chi connectivity index (χ4n) is 4.97. The molecule has 2 aromatic heterocycles. The number of aryl methyl sites for hydroxylation is 2. The SMILES string of the molecule is Cc1nc(-c2ncn(C)c2COC(=O)N(C)C2CCCC2)ccc1O[C@H]1CCC[C@H](C(=O)O)C1. The van der Waals surface area contributed by atoms with Gasteiger partial charge in [0.2, 0.25) is 0 Å². The van der Waals surface area contributed by atoms with E-state index < -0.39 is 5.97 Å². The molecule has 9 heteroatoms. The minimum Gasteiger partial charge on any atom is -0.489 e. The lowest BCUT2D eigenvalue weighted by Gasteiger charge is -2.27. The normalized spacial score (nSPS) is 20.8. The molecule has 0 aromatic carbocycles. The van der Waals surface area contributed by atoms with Crippen molar-refractivity contribution in [2.24, 2.45) is 13.0 Å². The lowest BCUT2D eigenvalue weighted by atomic mass is 9.87. The van der Waals surface area contributed by atoms with Gasteiger partial charge in [-0.15, -0.1) is 0 Å². The zero-order valence-corrected chi connectivity index (χ0v) is 20.2. The quantitative estimate of drug-likeness (QED) is 0.642. The van der Waals surface area contributed by atoms with Crippen molar-refractivity contribution in [3.8, 4) is 17.1 Å². The van der Waals surface area contributed by atoms with E-state index in [1.54, 1.807) is 18.3 Å². The summed E-state index contributed by atoms with van der Waals surface area (Å²) in [6.45, 7) is 1.98. The van der Waals surface area contributed by atoms with Crippen LogP contribution in [0.25, 0.3) is 11.4 Å². The Balaban J connectivity index is 1.43. The van der Waals surface area contributed by atoms with Crippen LogP contribution >= 0.6 is 0 Å². The summed E-state index contributed by atoms with van der Waals surface area (Å²) in [5.41, 5.74) is 2.82. The highest BCUT2D eigenvalue weighted by Gasteiger charge is 2.29. The molecule has 2 saturated carbocycles. The largest absolute Gasteiger partial charge is 0.489 e. The van der Waals surface area contributed by atoms with Crippen molar-refractivity contribution in [3.63, 3.8) is 0 Å². The zero-order valence-electron chi connectivity index (χ0n) is 20.2. The number of amides is 1. The van der Waals surface area contributed by atoms with E-state index in [2.05, 4.69) is 4.98 Å². The molecular weight excluding hydrogens is 436 g/mol. The lowest BCUT2D eigenvalue weighted by Crippen LogP contribution is -2.35. The topological polar surface area (TPSA) is 107 Å². The van der Waals surface area contributed by atoms with Gasteiger partial charge in [0.15, 0.2) is 0 Å². The molecule has 184 valence electrons. The van der Waals surface area contributed by atoms with Crippen LogP contribution in [0.2, 0.25) is 0 Å². The Bertz CT molecular complexity index is 1030. The van der Waals surface area contributed by atoms with Crippen LogP contribution in [-0.2, 0) is 23.2 Å². The number of carbonyl (C=O) groups excluding carboxylic acids is 1. The summed E-state index contributed by atoms with van der Waals surface area (Å²) in [4.78, 5) is 34.8. The molecule has 2 fully saturated rings. The Morgan fingerprint density at radius 2 is 1.94 bits per heavy atom. The molecule has 0 bridgehead atoms. The van der Waals surface area contributed by atoms with Gasteiger partial charge in [-0.3, -0.25) is 4.79 Å². The minimum atomic E-state index is -0.753. The van der Waals surface area contributed by atoms with Crippen molar-refractivity contribution in [1.29, 1.82) is 0 Å². The van der Waals surface area contributed by atoms with Gasteiger partial charge >= 0.3 is 12.1 Å². The maximum Gasteiger partial charge on any atom is 0.410 e. The monoisotopic (exact) mass is 470 g/mol. The summed E-state index contributed by atoms with van der Waals surface area (Å²) in [6, 6.07) is 3.96. The summed E-state index contributed by atoms with van der Waals surface area (Å²) in [5.74, 6) is -0.448. The molecule has 9 nitrogen and oxygen atoms in total. The van der Waals surface area contributed by atoms with E-state index in [0.717, 1.165) is 44.2 Å². The van der Waals surface area contributed by atoms with E-state index in [9.17, 15) is 14.7 Å². The first-order valence-electron chi connectivity index (χ1n) is 12.1. The average Bonchev–Trinajstić information content (AvgIpc) is 3.48. The van der Waals surface area contributed by atoms with E-state index in [4.69, 9.17) is 14.5 Å². The third kappa shape index (κ3) is 5.34. The van der Waals surface area contributed by atoms with Crippen molar-refractivity contribution < 1.29 is 24.2 Å². The van der Waals surface area contributed by atoms with Crippen molar-refractivity contribution in [1.82, 2.24) is 19.4 Å². The number of pyridine rings is 1. The van der Waals surface area contributed by atoms with Crippen molar-refractivity contribution in [2.75, 3.05) is 7.05 Å². The van der Waals surface area contributed by atoms with E-state index in [1.165, 1.54) is 0 Å². The van der Waals surface area contributed by atoms with E-state index in [1.807, 2.05) is 30.7 Å². The molecular formula is C25H34N4O5. The lowest BCUT2D eigenvalue weighted by molar-refractivity contribution is -0.143. The number of carboxylic acids is 1. The molecule has 2 aliphatic rings. The zero-order chi connectivity index (χ0) is 24.2. The summed E-state index contributed by atoms with van der Waals surface area (Å²) >= 11 is 0. The van der Waals surface area contributed by atoms with Crippen LogP contribution < -0.4 is 4.74 Å². The molecule has 0 unspecified atom stereocenters. The second-order valence-electron chi connectivity index (χ2n) is 9.48. The van der Waals surface area contributed by atoms with E-state index in [0.29, 0.717) is 35.7 Å². The van der Waals surface area contributed by atoms with Gasteiger partial charge in [0.25, 0.3) is 0 Å². The molecule has 0 saturated heterocycles. The first-order valence-corrected chi connectivity index (χ1v) is 12.1. The molecule has 4 rings (SSSR count). The summed E-state index contributed by atoms with van der Waals surface area (Å²) in [5, 5.41) is 9.32. The Morgan fingerprint density at radius 1 is 1.18 bits per heavy atom. The maximum atomic E-state index is 12.5. The Hall–Kier alpha value is -3.10. The Morgan fingerprint density at radius 3 is 2.65 bits per heavy atom. The van der Waals surface area contributed by atoms with Gasteiger partial charge in [-0.2, -0.15) is 0 Å². The molecule has 0 radical (unpaired) electrons. The molecule has 2 heterocycles. The number of carboxylic acid groups (broad SMARTS) is 1. The van der Waals surface area contributed by atoms with Crippen molar-refractivity contribution >= 4 is 12.1 Å². The number of imidazole rings is 1. The molecule has 2 atom stereocenters. The van der Waals surface area contributed by atoms with Crippen molar-refractivity contribution in [3.05, 3.63) is 29.8 Å². The predicted octanol–water partition coefficient (Wildman–Crippen LogP) is 4.32. The summed E-state index contributed by atoms with van der Waals surface area (Å²) in [7, 11) is 3.67. The van der Waals surface area contributed by atoms with Gasteiger partial charge in [0.1, 0.15) is 18.1 Å². The van der Waals surface area contributed by atoms with E-state index in [-0.39, 0.29) is 30.8 Å². The van der Waals surface area contributed by atoms with Crippen LogP contribution in [0.3, 0.4) is 0 Å². The third-order valence-corrected chi connectivity index (χ3v) is 7.10. The second kappa shape index (κ2) is 10.4. The molecule has 1 amide bonds. The van der Waals surface area contributed by atoms with Crippen LogP contribution in [-0.4, -0.2) is 55.8 Å². The number of ether oxygens (including phenoxy) is 2. The molecule has 2 aliphatic carbocycles. The molecule has 2 aromatic rings. The molecule has 1 N–H and O–H groups in total. The van der Waals surface area contributed by atoms with Gasteiger partial charge < -0.3 is 24.0 Å². The predicted molar refractivity (Wildman–Crippen MR) is 125 cm³/mol. The smallest absolute Gasteiger partial charge is 0.410 e. The van der Waals surface area contributed by atoms with Crippen LogP contribution in [0.15, 0.2) is 18.5 Å². The molecule has 0 aliphatic heterocycles. The van der Waals surface area contributed by atoms with Crippen LogP contribution in [0.1, 0.15) is 62.8 Å². The Kier molecular flexibility index (Phi) is 7.38. The summed E-state index contributed by atoms with van der Waals surface area (Å²) < 4.78 is 13.6. The third-order valence-electron chi connectivity index (χ3n) is 7.10. The standard InChI is InChI=1S/C25H34N4O5/c1-16-22(34-19-10-6-7-17(13-19)24(30)31)12-11-20(27-16)23-21(28(2)15-26-23)14-33-25(32)29(3)18-8-4-5-9-18/h11-12,15,17-19H,4-10,13-14H2,1-3H3,(H,30,31)/t17-,19-/m0/s1. The fraction of sp³-hybridized carbons (Fsp3) is 0.600. The minimum absolute atomic E-state index is 0.110. The van der Waals surface area contributed by atoms with Crippen LogP contribution in [0.5, 0.6) is 5.75 Å². The summed E-state index contributed by atoms with van der Waals surface area (Å²) in [6.07, 6.45) is 8.51. The van der Waals surface area contributed by atoms with Crippen molar-refractivity contribution in [2.45, 2.75) is 77.0 Å². The van der Waals surface area contributed by atoms with Gasteiger partial charge in [0.05, 0.1) is 35.4 Å². The van der Waals surface area contributed by atoms with Gasteiger partial charge in [-0.25, -0.2) is 14.8 Å². The second-order valence-corrected chi connectivity index (χ2v) is 9.48. The number of hydrogen-bond acceptors (Lipinski definition) is 6. The maximum absolute atomic E-state index is 12.5. The number of aliphatic carboxylic acids is 1. The first-order chi connectivity index (χ1) is 16.3. The van der Waals surface area contributed by atoms with Gasteiger partial charge in [-0.1, -0.05) is 12.8 Å². The Labute approximate surface area is 200 Å². The fourth-order valence-corrected chi connectivity index (χ4v) is 4.97. The highest BCUT2D eigenvalue weighted by atomic mass is 16.6. The number of rotatable bonds is 7. The van der Waals surface area contributed by atoms with Gasteiger partial charge in [0, 0.05) is 20.1 Å². The molecule has 34 heavy (non-hydrogen) atoms. The van der Waals surface area contributed by atoms with Crippen LogP contribution in [0.4, 0.5) is 4.79 Å². The van der Waals surface area contributed by atoms with Gasteiger partial charge in [-0.05, 0) is 57.6 Å². The number of aromatic nitrogens is 3. The number of nitrogens with zero attached hydrogens (tertiary/aromatic N) is 4. The number of hydrogen-bond donors (Lipinski definition) is 1. The average molecular weight is 471 g/mol. The first kappa shape index (κ1) is 24.0. The molecule has 0 spiro atoms.